The third-order valence-electron chi connectivity index (χ3n) is 5.61. The number of hydrogen-bond donors (Lipinski definition) is 2. The number of amides is 2. The fourth-order valence-corrected chi connectivity index (χ4v) is 4.94. The van der Waals surface area contributed by atoms with E-state index in [0.29, 0.717) is 17.8 Å². The molecule has 0 spiro atoms. The van der Waals surface area contributed by atoms with Crippen molar-refractivity contribution in [3.05, 3.63) is 69.6 Å². The van der Waals surface area contributed by atoms with Gasteiger partial charge >= 0.3 is 12.0 Å². The van der Waals surface area contributed by atoms with Gasteiger partial charge in [0.2, 0.25) is 0 Å². The molecule has 0 aliphatic carbocycles. The Kier molecular flexibility index (Phi) is 7.57. The maximum atomic E-state index is 13.0. The number of carbonyl (C=O) groups excluding carboxylic acids is 2. The highest BCUT2D eigenvalue weighted by molar-refractivity contribution is 7.09. The Hall–Kier alpha value is -2.68. The van der Waals surface area contributed by atoms with E-state index in [1.807, 2.05) is 36.4 Å². The highest BCUT2D eigenvalue weighted by Crippen LogP contribution is 2.29. The minimum Gasteiger partial charge on any atom is -0.463 e. The lowest BCUT2D eigenvalue weighted by atomic mass is 9.95. The van der Waals surface area contributed by atoms with Gasteiger partial charge in [0.1, 0.15) is 0 Å². The number of hydrogen-bond acceptors (Lipinski definition) is 6. The molecule has 2 aliphatic heterocycles. The van der Waals surface area contributed by atoms with Crippen LogP contribution in [0.1, 0.15) is 36.2 Å². The van der Waals surface area contributed by atoms with Gasteiger partial charge in [-0.2, -0.15) is 0 Å². The summed E-state index contributed by atoms with van der Waals surface area (Å²) in [6.45, 7) is 4.70. The number of benzene rings is 1. The second-order valence-electron chi connectivity index (χ2n) is 7.94. The van der Waals surface area contributed by atoms with E-state index in [1.165, 1.54) is 4.88 Å². The molecular weight excluding hydrogens is 426 g/mol. The van der Waals surface area contributed by atoms with Crippen LogP contribution in [0.5, 0.6) is 0 Å². The minimum atomic E-state index is -0.565. The zero-order chi connectivity index (χ0) is 22.3. The van der Waals surface area contributed by atoms with Crippen molar-refractivity contribution in [1.29, 1.82) is 0 Å². The van der Waals surface area contributed by atoms with Gasteiger partial charge in [0.25, 0.3) is 0 Å². The van der Waals surface area contributed by atoms with Gasteiger partial charge in [-0.3, -0.25) is 4.90 Å². The van der Waals surface area contributed by atoms with E-state index in [0.717, 1.165) is 38.1 Å². The molecule has 32 heavy (non-hydrogen) atoms. The van der Waals surface area contributed by atoms with Crippen LogP contribution in [-0.2, 0) is 20.8 Å². The summed E-state index contributed by atoms with van der Waals surface area (Å²) in [5.41, 5.74) is 1.86. The van der Waals surface area contributed by atoms with Gasteiger partial charge in [0.05, 0.1) is 24.3 Å². The number of carbonyl (C=O) groups is 2. The van der Waals surface area contributed by atoms with Gasteiger partial charge in [-0.15, -0.1) is 11.3 Å². The summed E-state index contributed by atoms with van der Waals surface area (Å²) in [5, 5.41) is 7.84. The fourth-order valence-electron chi connectivity index (χ4n) is 4.20. The van der Waals surface area contributed by atoms with Gasteiger partial charge < -0.3 is 20.1 Å². The zero-order valence-corrected chi connectivity index (χ0v) is 19.0. The first-order valence-corrected chi connectivity index (χ1v) is 11.9. The van der Waals surface area contributed by atoms with E-state index in [-0.39, 0.29) is 18.7 Å². The second-order valence-corrected chi connectivity index (χ2v) is 8.97. The molecule has 2 N–H and O–H groups in total. The SMILES string of the molecule is CCOC(=O)C1=C(CN(Cc2cccs2)C[C@H]2CCCO2)NC(=O)N[C@@H]1c1ccccc1. The Labute approximate surface area is 192 Å². The van der Waals surface area contributed by atoms with Crippen LogP contribution < -0.4 is 10.6 Å². The number of urea groups is 1. The summed E-state index contributed by atoms with van der Waals surface area (Å²) >= 11 is 1.69. The first-order chi connectivity index (χ1) is 15.6. The molecule has 4 rings (SSSR count). The lowest BCUT2D eigenvalue weighted by Crippen LogP contribution is -2.49. The number of nitrogens with one attached hydrogen (secondary N) is 2. The molecule has 2 atom stereocenters. The quantitative estimate of drug-likeness (QED) is 0.565. The van der Waals surface area contributed by atoms with Gasteiger partial charge in [-0.05, 0) is 36.8 Å². The van der Waals surface area contributed by atoms with Crippen molar-refractivity contribution in [1.82, 2.24) is 15.5 Å². The van der Waals surface area contributed by atoms with Crippen LogP contribution in [0.25, 0.3) is 0 Å². The summed E-state index contributed by atoms with van der Waals surface area (Å²) in [7, 11) is 0. The molecule has 0 saturated carbocycles. The van der Waals surface area contributed by atoms with Crippen LogP contribution in [0.15, 0.2) is 59.1 Å². The van der Waals surface area contributed by atoms with E-state index >= 15 is 0 Å². The topological polar surface area (TPSA) is 79.9 Å². The summed E-state index contributed by atoms with van der Waals surface area (Å²) in [6, 6.07) is 12.8. The number of nitrogens with zero attached hydrogens (tertiary/aromatic N) is 1. The lowest BCUT2D eigenvalue weighted by Gasteiger charge is -2.32. The molecule has 2 aliphatic rings. The Morgan fingerprint density at radius 1 is 1.22 bits per heavy atom. The molecule has 1 saturated heterocycles. The molecule has 1 fully saturated rings. The minimum absolute atomic E-state index is 0.156. The number of esters is 1. The third-order valence-corrected chi connectivity index (χ3v) is 6.47. The largest absolute Gasteiger partial charge is 0.463 e. The molecule has 3 heterocycles. The monoisotopic (exact) mass is 455 g/mol. The second kappa shape index (κ2) is 10.8. The number of rotatable bonds is 9. The molecule has 1 aromatic heterocycles. The molecule has 0 unspecified atom stereocenters. The molecule has 8 heteroatoms. The third kappa shape index (κ3) is 5.56. The van der Waals surface area contributed by atoms with Crippen molar-refractivity contribution in [3.63, 3.8) is 0 Å². The summed E-state index contributed by atoms with van der Waals surface area (Å²) in [6.07, 6.45) is 2.24. The van der Waals surface area contributed by atoms with Crippen molar-refractivity contribution >= 4 is 23.3 Å². The predicted molar refractivity (Wildman–Crippen MR) is 123 cm³/mol. The fraction of sp³-hybridized carbons (Fsp3) is 0.417. The Morgan fingerprint density at radius 3 is 2.75 bits per heavy atom. The summed E-state index contributed by atoms with van der Waals surface area (Å²) in [5.74, 6) is -0.419. The van der Waals surface area contributed by atoms with Crippen molar-refractivity contribution in [2.24, 2.45) is 0 Å². The highest BCUT2D eigenvalue weighted by atomic mass is 32.1. The van der Waals surface area contributed by atoms with Crippen LogP contribution in [0.4, 0.5) is 4.79 Å². The van der Waals surface area contributed by atoms with Crippen LogP contribution >= 0.6 is 11.3 Å². The number of thiophene rings is 1. The average molecular weight is 456 g/mol. The van der Waals surface area contributed by atoms with Crippen LogP contribution in [0.2, 0.25) is 0 Å². The zero-order valence-electron chi connectivity index (χ0n) is 18.2. The van der Waals surface area contributed by atoms with Gasteiger partial charge in [0, 0.05) is 36.8 Å². The molecule has 170 valence electrons. The smallest absolute Gasteiger partial charge is 0.338 e. The Morgan fingerprint density at radius 2 is 2.06 bits per heavy atom. The van der Waals surface area contributed by atoms with E-state index < -0.39 is 12.0 Å². The van der Waals surface area contributed by atoms with Crippen molar-refractivity contribution in [2.45, 2.75) is 38.5 Å². The highest BCUT2D eigenvalue weighted by Gasteiger charge is 2.34. The van der Waals surface area contributed by atoms with Crippen LogP contribution in [-0.4, -0.2) is 49.3 Å². The normalized spacial score (nSPS) is 20.9. The summed E-state index contributed by atoms with van der Waals surface area (Å²) in [4.78, 5) is 29.1. The molecule has 0 radical (unpaired) electrons. The first kappa shape index (κ1) is 22.5. The molecular formula is C24H29N3O4S. The van der Waals surface area contributed by atoms with Crippen molar-refractivity contribution in [2.75, 3.05) is 26.3 Å². The molecule has 2 aromatic rings. The average Bonchev–Trinajstić information content (AvgIpc) is 3.48. The first-order valence-electron chi connectivity index (χ1n) is 11.0. The summed E-state index contributed by atoms with van der Waals surface area (Å²) < 4.78 is 11.3. The maximum Gasteiger partial charge on any atom is 0.338 e. The Balaban J connectivity index is 1.66. The van der Waals surface area contributed by atoms with Gasteiger partial charge in [-0.1, -0.05) is 36.4 Å². The van der Waals surface area contributed by atoms with E-state index in [4.69, 9.17) is 9.47 Å². The standard InChI is InChI=1S/C24H29N3O4S/c1-2-30-23(28)21-20(25-24(29)26-22(21)17-8-4-3-5-9-17)16-27(14-18-10-6-12-31-18)15-19-11-7-13-32-19/h3-5,7-9,11,13,18,22H,2,6,10,12,14-16H2,1H3,(H2,25,26,29)/t18-,22-/m1/s1. The maximum absolute atomic E-state index is 13.0. The van der Waals surface area contributed by atoms with Crippen molar-refractivity contribution in [3.8, 4) is 0 Å². The predicted octanol–water partition coefficient (Wildman–Crippen LogP) is 3.60. The molecule has 0 bridgehead atoms. The number of ether oxygens (including phenoxy) is 2. The molecule has 1 aromatic carbocycles. The van der Waals surface area contributed by atoms with Crippen molar-refractivity contribution < 1.29 is 19.1 Å². The Bertz CT molecular complexity index is 939. The van der Waals surface area contributed by atoms with Gasteiger partial charge in [-0.25, -0.2) is 9.59 Å². The molecule has 7 nitrogen and oxygen atoms in total. The van der Waals surface area contributed by atoms with E-state index in [1.54, 1.807) is 18.3 Å². The van der Waals surface area contributed by atoms with Gasteiger partial charge in [0.15, 0.2) is 0 Å². The van der Waals surface area contributed by atoms with E-state index in [2.05, 4.69) is 27.0 Å². The van der Waals surface area contributed by atoms with Crippen LogP contribution in [0.3, 0.4) is 0 Å². The lowest BCUT2D eigenvalue weighted by molar-refractivity contribution is -0.139. The van der Waals surface area contributed by atoms with E-state index in [9.17, 15) is 9.59 Å². The van der Waals surface area contributed by atoms with Crippen LogP contribution in [0, 0.1) is 0 Å². The molecule has 2 amide bonds.